The predicted octanol–water partition coefficient (Wildman–Crippen LogP) is 4.64. The molecule has 0 fully saturated rings. The van der Waals surface area contributed by atoms with E-state index in [1.165, 1.54) is 0 Å². The lowest BCUT2D eigenvalue weighted by Gasteiger charge is -2.08. The van der Waals surface area contributed by atoms with Crippen molar-refractivity contribution in [3.8, 4) is 11.4 Å². The van der Waals surface area contributed by atoms with Crippen molar-refractivity contribution in [1.82, 2.24) is 15.0 Å². The van der Waals surface area contributed by atoms with Crippen LogP contribution in [0.4, 0.5) is 5.69 Å². The number of hydrogen-bond acceptors (Lipinski definition) is 4. The maximum Gasteiger partial charge on any atom is 0.255 e. The molecule has 28 heavy (non-hydrogen) atoms. The number of nitrogens with zero attached hydrogens (tertiary/aromatic N) is 3. The number of ether oxygens (including phenoxy) is 1. The molecule has 0 unspecified atom stereocenters. The zero-order valence-corrected chi connectivity index (χ0v) is 16.1. The second-order valence-electron chi connectivity index (χ2n) is 6.30. The van der Waals surface area contributed by atoms with Gasteiger partial charge in [0.25, 0.3) is 5.91 Å². The predicted molar refractivity (Wildman–Crippen MR) is 110 cm³/mol. The standard InChI is InChI=1S/C21H17ClN4O2/c1-13-11-19-20(25-26(24-19)16-7-9-17(28-2)10-8-16)12-18(13)23-21(27)14-3-5-15(22)6-4-14/h3-12H,1-2H3,(H,23,27). The summed E-state index contributed by atoms with van der Waals surface area (Å²) >= 11 is 5.88. The van der Waals surface area contributed by atoms with Crippen molar-refractivity contribution in [3.05, 3.63) is 76.8 Å². The zero-order valence-electron chi connectivity index (χ0n) is 15.3. The number of anilines is 1. The zero-order chi connectivity index (χ0) is 19.7. The number of rotatable bonds is 4. The van der Waals surface area contributed by atoms with E-state index < -0.39 is 0 Å². The molecule has 140 valence electrons. The summed E-state index contributed by atoms with van der Waals surface area (Å²) in [4.78, 5) is 14.1. The first-order chi connectivity index (χ1) is 13.5. The number of fused-ring (bicyclic) bond motifs is 1. The molecule has 0 bridgehead atoms. The van der Waals surface area contributed by atoms with Crippen LogP contribution in [0.2, 0.25) is 5.02 Å². The Balaban J connectivity index is 1.63. The molecule has 0 spiro atoms. The van der Waals surface area contributed by atoms with Crippen LogP contribution in [0.5, 0.6) is 5.75 Å². The van der Waals surface area contributed by atoms with Gasteiger partial charge in [-0.15, -0.1) is 10.2 Å². The first-order valence-electron chi connectivity index (χ1n) is 8.62. The highest BCUT2D eigenvalue weighted by Gasteiger charge is 2.12. The molecule has 1 amide bonds. The molecule has 6 nitrogen and oxygen atoms in total. The molecule has 4 rings (SSSR count). The molecule has 4 aromatic rings. The van der Waals surface area contributed by atoms with Gasteiger partial charge in [0, 0.05) is 16.3 Å². The van der Waals surface area contributed by atoms with Crippen LogP contribution in [0, 0.1) is 6.92 Å². The molecule has 7 heteroatoms. The van der Waals surface area contributed by atoms with Crippen molar-refractivity contribution < 1.29 is 9.53 Å². The molecular weight excluding hydrogens is 376 g/mol. The minimum Gasteiger partial charge on any atom is -0.497 e. The van der Waals surface area contributed by atoms with Gasteiger partial charge in [0.05, 0.1) is 12.8 Å². The molecule has 1 heterocycles. The Morgan fingerprint density at radius 2 is 1.64 bits per heavy atom. The molecule has 0 saturated carbocycles. The van der Waals surface area contributed by atoms with Crippen LogP contribution in [0.15, 0.2) is 60.7 Å². The third-order valence-corrected chi connectivity index (χ3v) is 4.64. The van der Waals surface area contributed by atoms with Gasteiger partial charge in [-0.05, 0) is 73.2 Å². The third-order valence-electron chi connectivity index (χ3n) is 4.38. The van der Waals surface area contributed by atoms with Gasteiger partial charge >= 0.3 is 0 Å². The highest BCUT2D eigenvalue weighted by atomic mass is 35.5. The summed E-state index contributed by atoms with van der Waals surface area (Å²) in [7, 11) is 1.62. The van der Waals surface area contributed by atoms with Crippen LogP contribution >= 0.6 is 11.6 Å². The fourth-order valence-corrected chi connectivity index (χ4v) is 2.96. The second kappa shape index (κ2) is 7.32. The van der Waals surface area contributed by atoms with Crippen molar-refractivity contribution in [1.29, 1.82) is 0 Å². The first kappa shape index (κ1) is 18.0. The molecule has 3 aromatic carbocycles. The number of carbonyl (C=O) groups is 1. The molecule has 1 aromatic heterocycles. The van der Waals surface area contributed by atoms with E-state index in [1.54, 1.807) is 36.2 Å². The number of amides is 1. The normalized spacial score (nSPS) is 10.8. The van der Waals surface area contributed by atoms with Gasteiger partial charge in [-0.25, -0.2) is 0 Å². The van der Waals surface area contributed by atoms with Crippen molar-refractivity contribution in [2.75, 3.05) is 12.4 Å². The number of halogens is 1. The number of carbonyl (C=O) groups excluding carboxylic acids is 1. The quantitative estimate of drug-likeness (QED) is 0.549. The van der Waals surface area contributed by atoms with Crippen LogP contribution in [0.3, 0.4) is 0 Å². The summed E-state index contributed by atoms with van der Waals surface area (Å²) in [5, 5.41) is 12.6. The number of aromatic nitrogens is 3. The van der Waals surface area contributed by atoms with Gasteiger partial charge in [-0.1, -0.05) is 11.6 Å². The third kappa shape index (κ3) is 3.54. The Morgan fingerprint density at radius 1 is 1.00 bits per heavy atom. The summed E-state index contributed by atoms with van der Waals surface area (Å²) in [5.41, 5.74) is 4.38. The van der Waals surface area contributed by atoms with Gasteiger partial charge in [0.1, 0.15) is 16.8 Å². The number of methoxy groups -OCH3 is 1. The minimum absolute atomic E-state index is 0.207. The van der Waals surface area contributed by atoms with Crippen LogP contribution < -0.4 is 10.1 Å². The Bertz CT molecular complexity index is 1150. The van der Waals surface area contributed by atoms with Crippen molar-refractivity contribution >= 4 is 34.2 Å². The van der Waals surface area contributed by atoms with E-state index in [0.29, 0.717) is 21.8 Å². The lowest BCUT2D eigenvalue weighted by atomic mass is 10.1. The number of nitrogens with one attached hydrogen (secondary N) is 1. The summed E-state index contributed by atoms with van der Waals surface area (Å²) in [6, 6.07) is 17.9. The maximum absolute atomic E-state index is 12.5. The highest BCUT2D eigenvalue weighted by Crippen LogP contribution is 2.23. The fourth-order valence-electron chi connectivity index (χ4n) is 2.83. The topological polar surface area (TPSA) is 69.0 Å². The van der Waals surface area contributed by atoms with Gasteiger partial charge in [-0.3, -0.25) is 4.79 Å². The molecule has 0 saturated heterocycles. The second-order valence-corrected chi connectivity index (χ2v) is 6.74. The minimum atomic E-state index is -0.207. The Kier molecular flexibility index (Phi) is 4.71. The van der Waals surface area contributed by atoms with Gasteiger partial charge in [0.2, 0.25) is 0 Å². The molecular formula is C21H17ClN4O2. The lowest BCUT2D eigenvalue weighted by molar-refractivity contribution is 0.102. The van der Waals surface area contributed by atoms with Crippen LogP contribution in [0.25, 0.3) is 16.7 Å². The summed E-state index contributed by atoms with van der Waals surface area (Å²) in [6.45, 7) is 1.92. The first-order valence-corrected chi connectivity index (χ1v) is 9.00. The van der Waals surface area contributed by atoms with Crippen LogP contribution in [0.1, 0.15) is 15.9 Å². The summed E-state index contributed by atoms with van der Waals surface area (Å²) in [6.07, 6.45) is 0. The Labute approximate surface area is 166 Å². The SMILES string of the molecule is COc1ccc(-n2nc3cc(C)c(NC(=O)c4ccc(Cl)cc4)cc3n2)cc1. The Morgan fingerprint density at radius 3 is 2.29 bits per heavy atom. The largest absolute Gasteiger partial charge is 0.497 e. The smallest absolute Gasteiger partial charge is 0.255 e. The van der Waals surface area contributed by atoms with Crippen LogP contribution in [-0.4, -0.2) is 28.0 Å². The van der Waals surface area contributed by atoms with E-state index in [1.807, 2.05) is 43.3 Å². The Hall–Kier alpha value is -3.38. The summed E-state index contributed by atoms with van der Waals surface area (Å²) < 4.78 is 5.18. The van der Waals surface area contributed by atoms with Crippen molar-refractivity contribution in [2.45, 2.75) is 6.92 Å². The number of benzene rings is 3. The van der Waals surface area contributed by atoms with E-state index >= 15 is 0 Å². The average molecular weight is 393 g/mol. The molecule has 0 radical (unpaired) electrons. The molecule has 0 aliphatic rings. The molecule has 0 aliphatic carbocycles. The van der Waals surface area contributed by atoms with Gasteiger partial charge < -0.3 is 10.1 Å². The highest BCUT2D eigenvalue weighted by molar-refractivity contribution is 6.30. The van der Waals surface area contributed by atoms with E-state index in [-0.39, 0.29) is 5.91 Å². The van der Waals surface area contributed by atoms with E-state index in [9.17, 15) is 4.79 Å². The van der Waals surface area contributed by atoms with Gasteiger partial charge in [-0.2, -0.15) is 4.80 Å². The lowest BCUT2D eigenvalue weighted by Crippen LogP contribution is -2.12. The maximum atomic E-state index is 12.5. The van der Waals surface area contributed by atoms with E-state index in [2.05, 4.69) is 15.5 Å². The van der Waals surface area contributed by atoms with Crippen molar-refractivity contribution in [2.24, 2.45) is 0 Å². The fraction of sp³-hybridized carbons (Fsp3) is 0.0952. The molecule has 0 aliphatic heterocycles. The monoisotopic (exact) mass is 392 g/mol. The van der Waals surface area contributed by atoms with Gasteiger partial charge in [0.15, 0.2) is 0 Å². The summed E-state index contributed by atoms with van der Waals surface area (Å²) in [5.74, 6) is 0.560. The average Bonchev–Trinajstić information content (AvgIpc) is 3.11. The molecule has 1 N–H and O–H groups in total. The van der Waals surface area contributed by atoms with Crippen molar-refractivity contribution in [3.63, 3.8) is 0 Å². The number of aryl methyl sites for hydroxylation is 1. The van der Waals surface area contributed by atoms with E-state index in [0.717, 1.165) is 22.5 Å². The molecule has 0 atom stereocenters. The van der Waals surface area contributed by atoms with E-state index in [4.69, 9.17) is 16.3 Å². The van der Waals surface area contributed by atoms with Crippen LogP contribution in [-0.2, 0) is 0 Å². The number of hydrogen-bond donors (Lipinski definition) is 1.